The molecule has 0 amide bonds. The molecule has 0 radical (unpaired) electrons. The highest BCUT2D eigenvalue weighted by Crippen LogP contribution is 2.81. The summed E-state index contributed by atoms with van der Waals surface area (Å²) in [5.41, 5.74) is 0. The van der Waals surface area contributed by atoms with Gasteiger partial charge in [0.2, 0.25) is 0 Å². The molecule has 0 saturated carbocycles. The standard InChI is InChI=1S/C14H21PS/c1-11-13(2,3)15(16,14(11,4)5)12-9-7-6-8-10-12/h6-11H,1-5H3. The third kappa shape index (κ3) is 1.19. The Kier molecular flexibility index (Phi) is 2.64. The van der Waals surface area contributed by atoms with Crippen molar-refractivity contribution in [3.63, 3.8) is 0 Å². The van der Waals surface area contributed by atoms with Crippen molar-refractivity contribution in [3.8, 4) is 0 Å². The Hall–Kier alpha value is -0.130. The summed E-state index contributed by atoms with van der Waals surface area (Å²) in [5.74, 6) is 0.700. The van der Waals surface area contributed by atoms with Gasteiger partial charge in [0.1, 0.15) is 0 Å². The summed E-state index contributed by atoms with van der Waals surface area (Å²) >= 11 is 6.16. The van der Waals surface area contributed by atoms with Gasteiger partial charge in [-0.25, -0.2) is 0 Å². The zero-order chi connectivity index (χ0) is 12.2. The summed E-state index contributed by atoms with van der Waals surface area (Å²) in [6.45, 7) is 11.8. The second-order valence-electron chi connectivity index (χ2n) is 5.97. The summed E-state index contributed by atoms with van der Waals surface area (Å²) < 4.78 is 0. The second-order valence-corrected chi connectivity index (χ2v) is 11.7. The van der Waals surface area contributed by atoms with E-state index in [-0.39, 0.29) is 0 Å². The van der Waals surface area contributed by atoms with E-state index in [9.17, 15) is 0 Å². The van der Waals surface area contributed by atoms with Crippen molar-refractivity contribution in [3.05, 3.63) is 30.3 Å². The fourth-order valence-electron chi connectivity index (χ4n) is 3.39. The van der Waals surface area contributed by atoms with Gasteiger partial charge in [0, 0.05) is 10.3 Å². The molecule has 2 heteroatoms. The Morgan fingerprint density at radius 2 is 1.44 bits per heavy atom. The van der Waals surface area contributed by atoms with Crippen molar-refractivity contribution in [1.82, 2.24) is 0 Å². The molecule has 1 aliphatic heterocycles. The fraction of sp³-hybridized carbons (Fsp3) is 0.571. The Labute approximate surface area is 104 Å². The molecule has 1 heterocycles. The highest BCUT2D eigenvalue weighted by Gasteiger charge is 2.64. The van der Waals surface area contributed by atoms with E-state index in [1.807, 2.05) is 0 Å². The highest BCUT2D eigenvalue weighted by molar-refractivity contribution is 8.20. The maximum Gasteiger partial charge on any atom is 0.00161 e. The molecule has 1 fully saturated rings. The Balaban J connectivity index is 2.59. The van der Waals surface area contributed by atoms with Crippen molar-refractivity contribution in [1.29, 1.82) is 0 Å². The van der Waals surface area contributed by atoms with Crippen molar-refractivity contribution >= 4 is 23.1 Å². The monoisotopic (exact) mass is 252 g/mol. The van der Waals surface area contributed by atoms with Crippen LogP contribution in [0.15, 0.2) is 30.3 Å². The van der Waals surface area contributed by atoms with E-state index in [1.54, 1.807) is 0 Å². The Morgan fingerprint density at radius 3 is 1.88 bits per heavy atom. The van der Waals surface area contributed by atoms with E-state index in [2.05, 4.69) is 65.0 Å². The van der Waals surface area contributed by atoms with E-state index in [4.69, 9.17) is 11.8 Å². The zero-order valence-electron chi connectivity index (χ0n) is 10.8. The summed E-state index contributed by atoms with van der Waals surface area (Å²) in [6.07, 6.45) is 0. The average molecular weight is 252 g/mol. The van der Waals surface area contributed by atoms with E-state index >= 15 is 0 Å². The topological polar surface area (TPSA) is 0 Å². The largest absolute Gasteiger partial charge is 0.0914 e. The molecule has 88 valence electrons. The first-order valence-corrected chi connectivity index (χ1v) is 8.72. The van der Waals surface area contributed by atoms with Crippen LogP contribution in [0.25, 0.3) is 0 Å². The lowest BCUT2D eigenvalue weighted by molar-refractivity contribution is 0.306. The Morgan fingerprint density at radius 1 is 1.00 bits per heavy atom. The van der Waals surface area contributed by atoms with Crippen LogP contribution in [-0.2, 0) is 11.8 Å². The molecule has 0 aromatic heterocycles. The van der Waals surface area contributed by atoms with Crippen LogP contribution in [-0.4, -0.2) is 10.3 Å². The molecule has 2 rings (SSSR count). The summed E-state index contributed by atoms with van der Waals surface area (Å²) in [7, 11) is 0. The number of hydrogen-bond acceptors (Lipinski definition) is 1. The lowest BCUT2D eigenvalue weighted by Crippen LogP contribution is -2.60. The van der Waals surface area contributed by atoms with Crippen molar-refractivity contribution < 1.29 is 0 Å². The minimum Gasteiger partial charge on any atom is -0.0914 e. The molecule has 0 spiro atoms. The van der Waals surface area contributed by atoms with Crippen molar-refractivity contribution in [2.75, 3.05) is 0 Å². The average Bonchev–Trinajstić information content (AvgIpc) is 2.27. The number of rotatable bonds is 1. The van der Waals surface area contributed by atoms with Gasteiger partial charge in [-0.3, -0.25) is 0 Å². The Bertz CT molecular complexity index is 425. The molecule has 0 unspecified atom stereocenters. The molecule has 1 aromatic rings. The predicted molar refractivity (Wildman–Crippen MR) is 77.7 cm³/mol. The van der Waals surface area contributed by atoms with Gasteiger partial charge < -0.3 is 0 Å². The maximum atomic E-state index is 6.16. The molecule has 0 aliphatic carbocycles. The molecular formula is C14H21PS. The molecular weight excluding hydrogens is 231 g/mol. The first-order chi connectivity index (χ1) is 7.26. The molecule has 1 aromatic carbocycles. The van der Waals surface area contributed by atoms with Crippen LogP contribution >= 0.6 is 6.04 Å². The predicted octanol–water partition coefficient (Wildman–Crippen LogP) is 4.00. The molecule has 0 bridgehead atoms. The molecule has 0 N–H and O–H groups in total. The maximum absolute atomic E-state index is 6.16. The van der Waals surface area contributed by atoms with Gasteiger partial charge in [-0.15, -0.1) is 0 Å². The summed E-state index contributed by atoms with van der Waals surface area (Å²) in [4.78, 5) is 0. The van der Waals surface area contributed by atoms with Gasteiger partial charge in [-0.1, -0.05) is 76.8 Å². The number of benzene rings is 1. The lowest BCUT2D eigenvalue weighted by Gasteiger charge is -2.66. The third-order valence-electron chi connectivity index (χ3n) is 4.86. The molecule has 0 atom stereocenters. The van der Waals surface area contributed by atoms with Crippen LogP contribution in [0.4, 0.5) is 0 Å². The van der Waals surface area contributed by atoms with Crippen LogP contribution in [0.1, 0.15) is 34.6 Å². The smallest absolute Gasteiger partial charge is 0.00161 e. The van der Waals surface area contributed by atoms with Crippen LogP contribution in [0.2, 0.25) is 0 Å². The third-order valence-corrected chi connectivity index (χ3v) is 13.4. The van der Waals surface area contributed by atoms with E-state index in [0.29, 0.717) is 16.2 Å². The van der Waals surface area contributed by atoms with Gasteiger partial charge in [0.15, 0.2) is 0 Å². The van der Waals surface area contributed by atoms with Crippen LogP contribution in [0, 0.1) is 5.92 Å². The van der Waals surface area contributed by atoms with E-state index in [0.717, 1.165) is 0 Å². The molecule has 1 saturated heterocycles. The van der Waals surface area contributed by atoms with Gasteiger partial charge >= 0.3 is 0 Å². The fourth-order valence-corrected chi connectivity index (χ4v) is 9.64. The van der Waals surface area contributed by atoms with Gasteiger partial charge in [0.25, 0.3) is 0 Å². The SMILES string of the molecule is CC1C(C)(C)P(=S)(c2ccccc2)C1(C)C. The zero-order valence-corrected chi connectivity index (χ0v) is 12.5. The first-order valence-electron chi connectivity index (χ1n) is 5.92. The minimum atomic E-state index is -1.47. The lowest BCUT2D eigenvalue weighted by atomic mass is 9.83. The van der Waals surface area contributed by atoms with Gasteiger partial charge in [-0.05, 0) is 17.3 Å². The minimum absolute atomic E-state index is 0.299. The first kappa shape index (κ1) is 12.3. The summed E-state index contributed by atoms with van der Waals surface area (Å²) in [5, 5.41) is 2.01. The summed E-state index contributed by atoms with van der Waals surface area (Å²) in [6, 6.07) is 9.32. The van der Waals surface area contributed by atoms with Crippen LogP contribution in [0.3, 0.4) is 0 Å². The van der Waals surface area contributed by atoms with Gasteiger partial charge in [0.05, 0.1) is 0 Å². The molecule has 16 heavy (non-hydrogen) atoms. The van der Waals surface area contributed by atoms with E-state index in [1.165, 1.54) is 5.30 Å². The van der Waals surface area contributed by atoms with Crippen molar-refractivity contribution in [2.45, 2.75) is 44.9 Å². The van der Waals surface area contributed by atoms with Crippen LogP contribution < -0.4 is 5.30 Å². The molecule has 0 nitrogen and oxygen atoms in total. The second kappa shape index (κ2) is 3.43. The molecule has 1 aliphatic rings. The quantitative estimate of drug-likeness (QED) is 0.681. The highest BCUT2D eigenvalue weighted by atomic mass is 32.4. The number of hydrogen-bond donors (Lipinski definition) is 0. The van der Waals surface area contributed by atoms with Crippen molar-refractivity contribution in [2.24, 2.45) is 5.92 Å². The normalized spacial score (nSPS) is 35.4. The van der Waals surface area contributed by atoms with Crippen LogP contribution in [0.5, 0.6) is 0 Å². The van der Waals surface area contributed by atoms with Gasteiger partial charge in [-0.2, -0.15) is 0 Å². The van der Waals surface area contributed by atoms with E-state index < -0.39 is 6.04 Å².